The lowest BCUT2D eigenvalue weighted by atomic mass is 10.1. The van der Waals surface area contributed by atoms with Gasteiger partial charge in [-0.1, -0.05) is 30.3 Å². The van der Waals surface area contributed by atoms with Crippen LogP contribution in [-0.2, 0) is 4.79 Å². The van der Waals surface area contributed by atoms with E-state index in [1.807, 2.05) is 6.07 Å². The van der Waals surface area contributed by atoms with Gasteiger partial charge in [-0.2, -0.15) is 0 Å². The first-order chi connectivity index (χ1) is 11.4. The number of ether oxygens (including phenoxy) is 1. The van der Waals surface area contributed by atoms with Crippen molar-refractivity contribution < 1.29 is 19.2 Å². The number of carbonyl (C=O) groups excluding carboxylic acids is 2. The van der Waals surface area contributed by atoms with Crippen molar-refractivity contribution in [2.24, 2.45) is 0 Å². The van der Waals surface area contributed by atoms with Gasteiger partial charge in [0.1, 0.15) is 5.75 Å². The minimum atomic E-state index is -0.957. The third-order valence-electron chi connectivity index (χ3n) is 3.34. The van der Waals surface area contributed by atoms with Gasteiger partial charge in [0.15, 0.2) is 6.29 Å². The maximum Gasteiger partial charge on any atom is 0.270 e. The third kappa shape index (κ3) is 3.75. The molecular formula is C17H16N2O5. The SMILES string of the molecule is CN(C)C(=O)[C@H](Oc1ccc([N+](=O)[O-])cc1C=O)c1ccccc1. The second-order valence-electron chi connectivity index (χ2n) is 5.24. The Balaban J connectivity index is 2.41. The molecule has 2 rings (SSSR count). The van der Waals surface area contributed by atoms with Crippen LogP contribution in [0, 0.1) is 10.1 Å². The molecule has 0 aliphatic rings. The number of aldehydes is 1. The molecule has 0 aliphatic heterocycles. The molecular weight excluding hydrogens is 312 g/mol. The van der Waals surface area contributed by atoms with Gasteiger partial charge < -0.3 is 9.64 Å². The molecule has 2 aromatic carbocycles. The zero-order valence-corrected chi connectivity index (χ0v) is 13.2. The van der Waals surface area contributed by atoms with Crippen LogP contribution in [0.1, 0.15) is 22.0 Å². The summed E-state index contributed by atoms with van der Waals surface area (Å²) < 4.78 is 5.74. The molecule has 0 radical (unpaired) electrons. The summed E-state index contributed by atoms with van der Waals surface area (Å²) in [6.07, 6.45) is -0.494. The van der Waals surface area contributed by atoms with Crippen molar-refractivity contribution in [3.8, 4) is 5.75 Å². The molecule has 0 bridgehead atoms. The molecule has 0 saturated carbocycles. The first-order valence-corrected chi connectivity index (χ1v) is 7.10. The molecule has 2 aromatic rings. The van der Waals surface area contributed by atoms with E-state index in [1.54, 1.807) is 38.4 Å². The molecule has 7 nitrogen and oxygen atoms in total. The molecule has 0 aromatic heterocycles. The van der Waals surface area contributed by atoms with E-state index >= 15 is 0 Å². The monoisotopic (exact) mass is 328 g/mol. The Labute approximate surface area is 138 Å². The summed E-state index contributed by atoms with van der Waals surface area (Å²) >= 11 is 0. The summed E-state index contributed by atoms with van der Waals surface area (Å²) in [5.74, 6) is -0.198. The maximum atomic E-state index is 12.4. The summed E-state index contributed by atoms with van der Waals surface area (Å²) in [6, 6.07) is 12.5. The minimum absolute atomic E-state index is 0.0108. The fourth-order valence-corrected chi connectivity index (χ4v) is 2.10. The smallest absolute Gasteiger partial charge is 0.270 e. The Kier molecular flexibility index (Phi) is 5.26. The first-order valence-electron chi connectivity index (χ1n) is 7.10. The fourth-order valence-electron chi connectivity index (χ4n) is 2.10. The van der Waals surface area contributed by atoms with Crippen molar-refractivity contribution in [3.05, 3.63) is 69.8 Å². The van der Waals surface area contributed by atoms with Crippen LogP contribution in [-0.4, -0.2) is 36.1 Å². The summed E-state index contributed by atoms with van der Waals surface area (Å²) in [5.41, 5.74) is 0.405. The Morgan fingerprint density at radius 3 is 2.42 bits per heavy atom. The number of hydrogen-bond acceptors (Lipinski definition) is 5. The average molecular weight is 328 g/mol. The zero-order valence-electron chi connectivity index (χ0n) is 13.2. The molecule has 0 unspecified atom stereocenters. The first kappa shape index (κ1) is 17.1. The Morgan fingerprint density at radius 2 is 1.88 bits per heavy atom. The van der Waals surface area contributed by atoms with E-state index in [-0.39, 0.29) is 22.9 Å². The summed E-state index contributed by atoms with van der Waals surface area (Å²) in [6.45, 7) is 0. The summed E-state index contributed by atoms with van der Waals surface area (Å²) in [5, 5.41) is 10.8. The van der Waals surface area contributed by atoms with Gasteiger partial charge >= 0.3 is 0 Å². The average Bonchev–Trinajstić information content (AvgIpc) is 2.59. The number of non-ortho nitro benzene ring substituents is 1. The Morgan fingerprint density at radius 1 is 1.21 bits per heavy atom. The van der Waals surface area contributed by atoms with Crippen LogP contribution in [0.4, 0.5) is 5.69 Å². The van der Waals surface area contributed by atoms with Gasteiger partial charge in [0.25, 0.3) is 11.6 Å². The number of benzene rings is 2. The molecule has 7 heteroatoms. The van der Waals surface area contributed by atoms with Gasteiger partial charge in [-0.25, -0.2) is 0 Å². The van der Waals surface area contributed by atoms with Gasteiger partial charge in [-0.15, -0.1) is 0 Å². The van der Waals surface area contributed by atoms with Crippen LogP contribution < -0.4 is 4.74 Å². The molecule has 0 heterocycles. The standard InChI is InChI=1S/C17H16N2O5/c1-18(2)17(21)16(12-6-4-3-5-7-12)24-15-9-8-14(19(22)23)10-13(15)11-20/h3-11,16H,1-2H3/t16-/m1/s1. The van der Waals surface area contributed by atoms with E-state index in [0.717, 1.165) is 6.07 Å². The van der Waals surface area contributed by atoms with Crippen LogP contribution in [0.2, 0.25) is 0 Å². The highest BCUT2D eigenvalue weighted by Crippen LogP contribution is 2.28. The number of nitro groups is 1. The summed E-state index contributed by atoms with van der Waals surface area (Å²) in [4.78, 5) is 35.2. The van der Waals surface area contributed by atoms with Gasteiger partial charge in [-0.3, -0.25) is 19.7 Å². The quantitative estimate of drug-likeness (QED) is 0.462. The normalized spacial score (nSPS) is 11.4. The lowest BCUT2D eigenvalue weighted by Gasteiger charge is -2.22. The summed E-state index contributed by atoms with van der Waals surface area (Å²) in [7, 11) is 3.19. The zero-order chi connectivity index (χ0) is 17.7. The Bertz CT molecular complexity index is 759. The van der Waals surface area contributed by atoms with E-state index in [0.29, 0.717) is 11.8 Å². The van der Waals surface area contributed by atoms with E-state index < -0.39 is 11.0 Å². The van der Waals surface area contributed by atoms with Crippen molar-refractivity contribution in [1.29, 1.82) is 0 Å². The molecule has 1 amide bonds. The predicted molar refractivity (Wildman–Crippen MR) is 87.0 cm³/mol. The molecule has 0 fully saturated rings. The molecule has 0 aliphatic carbocycles. The number of amides is 1. The predicted octanol–water partition coefficient (Wildman–Crippen LogP) is 2.62. The van der Waals surface area contributed by atoms with Gasteiger partial charge in [-0.05, 0) is 6.07 Å². The van der Waals surface area contributed by atoms with Gasteiger partial charge in [0.05, 0.1) is 10.5 Å². The highest BCUT2D eigenvalue weighted by atomic mass is 16.6. The van der Waals surface area contributed by atoms with E-state index in [2.05, 4.69) is 0 Å². The second kappa shape index (κ2) is 7.36. The van der Waals surface area contributed by atoms with E-state index in [4.69, 9.17) is 4.74 Å². The molecule has 124 valence electrons. The number of carbonyl (C=O) groups is 2. The lowest BCUT2D eigenvalue weighted by Crippen LogP contribution is -2.31. The van der Waals surface area contributed by atoms with Crippen LogP contribution in [0.15, 0.2) is 48.5 Å². The highest BCUT2D eigenvalue weighted by Gasteiger charge is 2.25. The van der Waals surface area contributed by atoms with Crippen LogP contribution in [0.5, 0.6) is 5.75 Å². The van der Waals surface area contributed by atoms with Crippen LogP contribution in [0.3, 0.4) is 0 Å². The van der Waals surface area contributed by atoms with Crippen molar-refractivity contribution in [2.75, 3.05) is 14.1 Å². The topological polar surface area (TPSA) is 89.8 Å². The number of hydrogen-bond donors (Lipinski definition) is 0. The number of likely N-dealkylation sites (N-methyl/N-ethyl adjacent to an activating group) is 1. The van der Waals surface area contributed by atoms with Crippen molar-refractivity contribution in [3.63, 3.8) is 0 Å². The fraction of sp³-hybridized carbons (Fsp3) is 0.176. The highest BCUT2D eigenvalue weighted by molar-refractivity contribution is 5.84. The van der Waals surface area contributed by atoms with Gasteiger partial charge in [0.2, 0.25) is 6.10 Å². The van der Waals surface area contributed by atoms with Crippen molar-refractivity contribution in [1.82, 2.24) is 4.90 Å². The molecule has 24 heavy (non-hydrogen) atoms. The molecule has 0 N–H and O–H groups in total. The van der Waals surface area contributed by atoms with Gasteiger partial charge in [0, 0.05) is 31.8 Å². The second-order valence-corrected chi connectivity index (χ2v) is 5.24. The minimum Gasteiger partial charge on any atom is -0.475 e. The van der Waals surface area contributed by atoms with Crippen LogP contribution >= 0.6 is 0 Å². The molecule has 0 spiro atoms. The molecule has 1 atom stereocenters. The Hall–Kier alpha value is -3.22. The lowest BCUT2D eigenvalue weighted by molar-refractivity contribution is -0.384. The number of nitrogens with zero attached hydrogens (tertiary/aromatic N) is 2. The van der Waals surface area contributed by atoms with E-state index in [9.17, 15) is 19.7 Å². The van der Waals surface area contributed by atoms with Crippen LogP contribution in [0.25, 0.3) is 0 Å². The number of rotatable bonds is 6. The van der Waals surface area contributed by atoms with Crippen molar-refractivity contribution >= 4 is 17.9 Å². The van der Waals surface area contributed by atoms with Crippen molar-refractivity contribution in [2.45, 2.75) is 6.10 Å². The van der Waals surface area contributed by atoms with E-state index in [1.165, 1.54) is 17.0 Å². The molecule has 0 saturated heterocycles. The maximum absolute atomic E-state index is 12.4. The largest absolute Gasteiger partial charge is 0.475 e. The number of nitro benzene ring substituents is 1. The third-order valence-corrected chi connectivity index (χ3v) is 3.34.